The molecule has 0 aliphatic carbocycles. The van der Waals surface area contributed by atoms with Crippen molar-refractivity contribution in [1.82, 2.24) is 9.80 Å². The molecule has 1 saturated heterocycles. The largest absolute Gasteiger partial charge is 0.507 e. The van der Waals surface area contributed by atoms with Gasteiger partial charge in [-0.25, -0.2) is 0 Å². The van der Waals surface area contributed by atoms with Crippen molar-refractivity contribution in [3.05, 3.63) is 58.1 Å². The molecule has 0 bridgehead atoms. The van der Waals surface area contributed by atoms with Crippen LogP contribution in [0, 0.1) is 0 Å². The first kappa shape index (κ1) is 26.1. The SMILES string of the molecule is COc1ccc(C2/C(=C(\O)c3cc(Cl)ccc3OC)C(=O)C(=O)N2CCN(C)C)cc1OC(C)=O. The molecule has 0 radical (unpaired) electrons. The lowest BCUT2D eigenvalue weighted by atomic mass is 9.94. The van der Waals surface area contributed by atoms with E-state index in [4.69, 9.17) is 25.8 Å². The van der Waals surface area contributed by atoms with Crippen LogP contribution in [0.25, 0.3) is 5.76 Å². The van der Waals surface area contributed by atoms with Crippen LogP contribution in [0.2, 0.25) is 5.02 Å². The van der Waals surface area contributed by atoms with Crippen molar-refractivity contribution in [2.75, 3.05) is 41.4 Å². The molecule has 35 heavy (non-hydrogen) atoms. The van der Waals surface area contributed by atoms with Crippen LogP contribution in [-0.4, -0.2) is 74.0 Å². The minimum absolute atomic E-state index is 0.121. The summed E-state index contributed by atoms with van der Waals surface area (Å²) >= 11 is 6.14. The number of esters is 1. The molecular weight excluding hydrogens is 476 g/mol. The first-order valence-corrected chi connectivity index (χ1v) is 11.1. The Labute approximate surface area is 208 Å². The third-order valence-electron chi connectivity index (χ3n) is 5.50. The topological polar surface area (TPSA) is 106 Å². The van der Waals surface area contributed by atoms with Gasteiger partial charge in [0.1, 0.15) is 11.5 Å². The quantitative estimate of drug-likeness (QED) is 0.193. The number of methoxy groups -OCH3 is 2. The standard InChI is InChI=1S/C25H27ClN2O7/c1-14(29)35-20-12-15(6-8-19(20)34-5)22-21(24(31)25(32)28(22)11-10-27(2)3)23(30)17-13-16(26)7-9-18(17)33-4/h6-9,12-13,22,30H,10-11H2,1-5H3/b23-21+. The number of carbonyl (C=O) groups excluding carboxylic acids is 3. The van der Waals surface area contributed by atoms with E-state index in [0.717, 1.165) is 0 Å². The zero-order valence-corrected chi connectivity index (χ0v) is 20.9. The number of rotatable bonds is 8. The monoisotopic (exact) mass is 502 g/mol. The number of hydrogen-bond donors (Lipinski definition) is 1. The molecule has 1 aliphatic rings. The highest BCUT2D eigenvalue weighted by atomic mass is 35.5. The lowest BCUT2D eigenvalue weighted by Gasteiger charge is -2.27. The highest BCUT2D eigenvalue weighted by molar-refractivity contribution is 6.46. The molecule has 0 aromatic heterocycles. The molecule has 1 unspecified atom stereocenters. The second kappa shape index (κ2) is 10.8. The third-order valence-corrected chi connectivity index (χ3v) is 5.74. The number of ketones is 1. The smallest absolute Gasteiger partial charge is 0.308 e. The zero-order chi connectivity index (χ0) is 25.9. The van der Waals surface area contributed by atoms with Gasteiger partial charge in [0, 0.05) is 25.0 Å². The minimum atomic E-state index is -0.959. The number of ether oxygens (including phenoxy) is 3. The van der Waals surface area contributed by atoms with E-state index in [9.17, 15) is 19.5 Å². The van der Waals surface area contributed by atoms with Gasteiger partial charge in [-0.05, 0) is 50.0 Å². The summed E-state index contributed by atoms with van der Waals surface area (Å²) in [6.45, 7) is 1.93. The molecule has 1 N–H and O–H groups in total. The Bertz CT molecular complexity index is 1190. The van der Waals surface area contributed by atoms with Crippen molar-refractivity contribution in [2.45, 2.75) is 13.0 Å². The molecule has 1 amide bonds. The van der Waals surface area contributed by atoms with Crippen LogP contribution in [0.1, 0.15) is 24.1 Å². The summed E-state index contributed by atoms with van der Waals surface area (Å²) in [7, 11) is 6.53. The fraction of sp³-hybridized carbons (Fsp3) is 0.320. The highest BCUT2D eigenvalue weighted by Crippen LogP contribution is 2.43. The average Bonchev–Trinajstić information content (AvgIpc) is 3.06. The van der Waals surface area contributed by atoms with Crippen LogP contribution in [0.4, 0.5) is 0 Å². The van der Waals surface area contributed by atoms with Gasteiger partial charge in [0.25, 0.3) is 11.7 Å². The number of nitrogens with zero attached hydrogens (tertiary/aromatic N) is 2. The zero-order valence-electron chi connectivity index (χ0n) is 20.1. The van der Waals surface area contributed by atoms with Crippen LogP contribution in [0.5, 0.6) is 17.2 Å². The maximum absolute atomic E-state index is 13.2. The van der Waals surface area contributed by atoms with Crippen molar-refractivity contribution in [3.63, 3.8) is 0 Å². The van der Waals surface area contributed by atoms with E-state index in [1.807, 2.05) is 19.0 Å². The molecule has 3 rings (SSSR count). The van der Waals surface area contributed by atoms with E-state index in [2.05, 4.69) is 0 Å². The van der Waals surface area contributed by atoms with Gasteiger partial charge in [-0.2, -0.15) is 0 Å². The van der Waals surface area contributed by atoms with E-state index in [1.54, 1.807) is 24.3 Å². The summed E-state index contributed by atoms with van der Waals surface area (Å²) in [5.74, 6) is -1.90. The lowest BCUT2D eigenvalue weighted by molar-refractivity contribution is -0.140. The van der Waals surface area contributed by atoms with Gasteiger partial charge >= 0.3 is 5.97 Å². The van der Waals surface area contributed by atoms with Gasteiger partial charge in [-0.1, -0.05) is 17.7 Å². The van der Waals surface area contributed by atoms with Gasteiger partial charge in [0.05, 0.1) is 31.4 Å². The molecule has 2 aromatic rings. The molecule has 1 aliphatic heterocycles. The van der Waals surface area contributed by atoms with E-state index in [-0.39, 0.29) is 29.2 Å². The van der Waals surface area contributed by atoms with Crippen LogP contribution < -0.4 is 14.2 Å². The second-order valence-electron chi connectivity index (χ2n) is 8.14. The number of hydrogen-bond acceptors (Lipinski definition) is 8. The van der Waals surface area contributed by atoms with Gasteiger partial charge < -0.3 is 29.1 Å². The fourth-order valence-corrected chi connectivity index (χ4v) is 4.05. The molecule has 1 atom stereocenters. The predicted molar refractivity (Wildman–Crippen MR) is 130 cm³/mol. The number of amides is 1. The van der Waals surface area contributed by atoms with Crippen molar-refractivity contribution in [2.24, 2.45) is 0 Å². The minimum Gasteiger partial charge on any atom is -0.507 e. The molecular formula is C25H27ClN2O7. The summed E-state index contributed by atoms with van der Waals surface area (Å²) in [6.07, 6.45) is 0. The highest BCUT2D eigenvalue weighted by Gasteiger charge is 2.46. The average molecular weight is 503 g/mol. The van der Waals surface area contributed by atoms with Crippen LogP contribution in [0.3, 0.4) is 0 Å². The number of likely N-dealkylation sites (tertiary alicyclic amines) is 1. The number of benzene rings is 2. The molecule has 186 valence electrons. The van der Waals surface area contributed by atoms with Crippen molar-refractivity contribution in [3.8, 4) is 17.2 Å². The van der Waals surface area contributed by atoms with Crippen LogP contribution in [0.15, 0.2) is 42.0 Å². The number of carbonyl (C=O) groups is 3. The van der Waals surface area contributed by atoms with E-state index in [1.165, 1.54) is 38.2 Å². The number of halogens is 1. The van der Waals surface area contributed by atoms with Crippen molar-refractivity contribution in [1.29, 1.82) is 0 Å². The van der Waals surface area contributed by atoms with Crippen LogP contribution in [-0.2, 0) is 14.4 Å². The molecule has 0 saturated carbocycles. The van der Waals surface area contributed by atoms with Crippen molar-refractivity contribution < 1.29 is 33.7 Å². The van der Waals surface area contributed by atoms with E-state index < -0.39 is 29.5 Å². The van der Waals surface area contributed by atoms with Crippen LogP contribution >= 0.6 is 11.6 Å². The number of aliphatic hydroxyl groups excluding tert-OH is 1. The summed E-state index contributed by atoms with van der Waals surface area (Å²) in [5, 5.41) is 11.6. The molecule has 0 spiro atoms. The first-order valence-electron chi connectivity index (χ1n) is 10.7. The van der Waals surface area contributed by atoms with Gasteiger partial charge in [-0.3, -0.25) is 14.4 Å². The predicted octanol–water partition coefficient (Wildman–Crippen LogP) is 3.27. The van der Waals surface area contributed by atoms with E-state index >= 15 is 0 Å². The molecule has 2 aromatic carbocycles. The Kier molecular flexibility index (Phi) is 8.03. The maximum atomic E-state index is 13.2. The summed E-state index contributed by atoms with van der Waals surface area (Å²) in [4.78, 5) is 41.2. The summed E-state index contributed by atoms with van der Waals surface area (Å²) in [5.41, 5.74) is 0.486. The second-order valence-corrected chi connectivity index (χ2v) is 8.58. The molecule has 1 heterocycles. The Morgan fingerprint density at radius 1 is 1.06 bits per heavy atom. The first-order chi connectivity index (χ1) is 16.6. The molecule has 10 heteroatoms. The Morgan fingerprint density at radius 2 is 1.71 bits per heavy atom. The van der Waals surface area contributed by atoms with E-state index in [0.29, 0.717) is 22.9 Å². The van der Waals surface area contributed by atoms with Crippen molar-refractivity contribution >= 4 is 35.0 Å². The molecule has 1 fully saturated rings. The normalized spacial score (nSPS) is 17.1. The Morgan fingerprint density at radius 3 is 2.31 bits per heavy atom. The van der Waals surface area contributed by atoms with Gasteiger partial charge in [-0.15, -0.1) is 0 Å². The maximum Gasteiger partial charge on any atom is 0.308 e. The fourth-order valence-electron chi connectivity index (χ4n) is 3.87. The lowest BCUT2D eigenvalue weighted by Crippen LogP contribution is -2.35. The third kappa shape index (κ3) is 5.41. The number of likely N-dealkylation sites (N-methyl/N-ethyl adjacent to an activating group) is 1. The Balaban J connectivity index is 2.26. The van der Waals surface area contributed by atoms with Gasteiger partial charge in [0.15, 0.2) is 11.5 Å². The summed E-state index contributed by atoms with van der Waals surface area (Å²) in [6, 6.07) is 8.37. The van der Waals surface area contributed by atoms with Gasteiger partial charge in [0.2, 0.25) is 0 Å². The number of Topliss-reactive ketones (excluding diaryl/α,β-unsaturated/α-hetero) is 1. The Hall–Kier alpha value is -3.56. The molecule has 9 nitrogen and oxygen atoms in total. The summed E-state index contributed by atoms with van der Waals surface area (Å²) < 4.78 is 15.9. The number of aliphatic hydroxyl groups is 1.